The second-order valence-electron chi connectivity index (χ2n) is 7.17. The quantitative estimate of drug-likeness (QED) is 0.411. The van der Waals surface area contributed by atoms with Crippen LogP contribution in [0, 0.1) is 5.92 Å². The average Bonchev–Trinajstić information content (AvgIpc) is 2.73. The standard InChI is InChI=1S/C25H27NO2/c1-19(25(27)28-18-21-10-4-2-5-11-21)9-8-12-20-15-16-23(24(26)17-20)22-13-6-3-7-14-22/h2-7,10-11,13-17,19H,8-9,12,18,26H2,1H3/t19-/m0/s1. The van der Waals surface area contributed by atoms with Crippen LogP contribution in [0.4, 0.5) is 5.69 Å². The van der Waals surface area contributed by atoms with Crippen LogP contribution in [0.2, 0.25) is 0 Å². The fourth-order valence-corrected chi connectivity index (χ4v) is 3.25. The first-order valence-corrected chi connectivity index (χ1v) is 9.78. The molecule has 3 aromatic carbocycles. The molecule has 3 aromatic rings. The van der Waals surface area contributed by atoms with E-state index >= 15 is 0 Å². The van der Waals surface area contributed by atoms with E-state index in [1.807, 2.05) is 61.5 Å². The van der Waals surface area contributed by atoms with Gasteiger partial charge in [0.25, 0.3) is 0 Å². The van der Waals surface area contributed by atoms with Crippen molar-refractivity contribution in [1.82, 2.24) is 0 Å². The zero-order valence-corrected chi connectivity index (χ0v) is 16.3. The zero-order chi connectivity index (χ0) is 19.8. The van der Waals surface area contributed by atoms with Crippen LogP contribution >= 0.6 is 0 Å². The Balaban J connectivity index is 1.46. The molecule has 0 bridgehead atoms. The SMILES string of the molecule is C[C@@H](CCCc1ccc(-c2ccccc2)c(N)c1)C(=O)OCc1ccccc1. The Hall–Kier alpha value is -3.07. The number of esters is 1. The molecule has 0 aliphatic carbocycles. The summed E-state index contributed by atoms with van der Waals surface area (Å²) in [4.78, 5) is 12.2. The molecule has 0 aliphatic rings. The van der Waals surface area contributed by atoms with Crippen molar-refractivity contribution in [2.75, 3.05) is 5.73 Å². The highest BCUT2D eigenvalue weighted by Crippen LogP contribution is 2.27. The van der Waals surface area contributed by atoms with Crippen LogP contribution in [0.3, 0.4) is 0 Å². The first-order chi connectivity index (χ1) is 13.6. The van der Waals surface area contributed by atoms with Crippen LogP contribution in [-0.2, 0) is 22.6 Å². The lowest BCUT2D eigenvalue weighted by Crippen LogP contribution is -2.15. The van der Waals surface area contributed by atoms with Crippen LogP contribution in [0.25, 0.3) is 11.1 Å². The Morgan fingerprint density at radius 3 is 2.29 bits per heavy atom. The van der Waals surface area contributed by atoms with E-state index in [-0.39, 0.29) is 11.9 Å². The van der Waals surface area contributed by atoms with E-state index < -0.39 is 0 Å². The van der Waals surface area contributed by atoms with E-state index in [1.165, 1.54) is 5.56 Å². The van der Waals surface area contributed by atoms with Crippen LogP contribution in [0.1, 0.15) is 30.9 Å². The zero-order valence-electron chi connectivity index (χ0n) is 16.3. The van der Waals surface area contributed by atoms with Gasteiger partial charge in [-0.2, -0.15) is 0 Å². The molecule has 144 valence electrons. The van der Waals surface area contributed by atoms with Gasteiger partial charge in [0.1, 0.15) is 6.61 Å². The maximum Gasteiger partial charge on any atom is 0.308 e. The first-order valence-electron chi connectivity index (χ1n) is 9.78. The summed E-state index contributed by atoms with van der Waals surface area (Å²) in [5, 5.41) is 0. The van der Waals surface area contributed by atoms with Gasteiger partial charge in [-0.25, -0.2) is 0 Å². The van der Waals surface area contributed by atoms with Gasteiger partial charge in [0.15, 0.2) is 0 Å². The van der Waals surface area contributed by atoms with E-state index in [0.29, 0.717) is 6.61 Å². The summed E-state index contributed by atoms with van der Waals surface area (Å²) in [6.07, 6.45) is 2.62. The number of nitrogens with two attached hydrogens (primary N) is 1. The molecule has 0 spiro atoms. The van der Waals surface area contributed by atoms with Gasteiger partial charge in [-0.3, -0.25) is 4.79 Å². The number of anilines is 1. The topological polar surface area (TPSA) is 52.3 Å². The number of aryl methyl sites for hydroxylation is 1. The molecule has 0 aliphatic heterocycles. The first kappa shape index (κ1) is 19.7. The predicted octanol–water partition coefficient (Wildman–Crippen LogP) is 5.64. The molecule has 1 atom stereocenters. The highest BCUT2D eigenvalue weighted by molar-refractivity contribution is 5.76. The van der Waals surface area contributed by atoms with Crippen molar-refractivity contribution in [2.45, 2.75) is 32.8 Å². The molecular weight excluding hydrogens is 346 g/mol. The molecule has 0 heterocycles. The largest absolute Gasteiger partial charge is 0.461 e. The molecule has 3 rings (SSSR count). The van der Waals surface area contributed by atoms with Gasteiger partial charge in [0.2, 0.25) is 0 Å². The lowest BCUT2D eigenvalue weighted by Gasteiger charge is -2.12. The van der Waals surface area contributed by atoms with E-state index in [9.17, 15) is 4.79 Å². The lowest BCUT2D eigenvalue weighted by molar-refractivity contribution is -0.149. The molecule has 0 unspecified atom stereocenters. The van der Waals surface area contributed by atoms with E-state index in [0.717, 1.165) is 41.6 Å². The normalized spacial score (nSPS) is 11.8. The molecule has 0 saturated heterocycles. The van der Waals surface area contributed by atoms with Gasteiger partial charge in [0, 0.05) is 11.3 Å². The third-order valence-electron chi connectivity index (χ3n) is 4.93. The highest BCUT2D eigenvalue weighted by Gasteiger charge is 2.14. The second-order valence-corrected chi connectivity index (χ2v) is 7.17. The molecule has 0 aromatic heterocycles. The number of benzene rings is 3. The van der Waals surface area contributed by atoms with E-state index in [2.05, 4.69) is 24.3 Å². The van der Waals surface area contributed by atoms with Crippen molar-refractivity contribution in [3.8, 4) is 11.1 Å². The van der Waals surface area contributed by atoms with Gasteiger partial charge < -0.3 is 10.5 Å². The molecule has 0 radical (unpaired) electrons. The molecular formula is C25H27NO2. The summed E-state index contributed by atoms with van der Waals surface area (Å²) in [6, 6.07) is 26.2. The number of hydrogen-bond donors (Lipinski definition) is 1. The number of carbonyl (C=O) groups is 1. The Labute approximate surface area is 167 Å². The minimum atomic E-state index is -0.136. The second kappa shape index (κ2) is 9.75. The number of nitrogen functional groups attached to an aromatic ring is 1. The fourth-order valence-electron chi connectivity index (χ4n) is 3.25. The van der Waals surface area contributed by atoms with Crippen LogP contribution in [-0.4, -0.2) is 5.97 Å². The van der Waals surface area contributed by atoms with Crippen molar-refractivity contribution < 1.29 is 9.53 Å². The summed E-state index contributed by atoms with van der Waals surface area (Å²) in [7, 11) is 0. The Morgan fingerprint density at radius 1 is 0.929 bits per heavy atom. The Bertz CT molecular complexity index is 891. The van der Waals surface area contributed by atoms with Crippen molar-refractivity contribution in [2.24, 2.45) is 5.92 Å². The maximum atomic E-state index is 12.2. The van der Waals surface area contributed by atoms with Gasteiger partial charge >= 0.3 is 5.97 Å². The summed E-state index contributed by atoms with van der Waals surface area (Å²) in [5.41, 5.74) is 11.4. The average molecular weight is 373 g/mol. The number of hydrogen-bond acceptors (Lipinski definition) is 3. The minimum absolute atomic E-state index is 0.107. The molecule has 0 amide bonds. The van der Waals surface area contributed by atoms with Crippen molar-refractivity contribution in [3.63, 3.8) is 0 Å². The summed E-state index contributed by atoms with van der Waals surface area (Å²) in [6.45, 7) is 2.27. The van der Waals surface area contributed by atoms with Crippen molar-refractivity contribution >= 4 is 11.7 Å². The number of carbonyl (C=O) groups excluding carboxylic acids is 1. The van der Waals surface area contributed by atoms with E-state index in [1.54, 1.807) is 0 Å². The maximum absolute atomic E-state index is 12.2. The molecule has 2 N–H and O–H groups in total. The summed E-state index contributed by atoms with van der Waals surface area (Å²) >= 11 is 0. The fraction of sp³-hybridized carbons (Fsp3) is 0.240. The van der Waals surface area contributed by atoms with Crippen molar-refractivity contribution in [1.29, 1.82) is 0 Å². The lowest BCUT2D eigenvalue weighted by atomic mass is 9.97. The van der Waals surface area contributed by atoms with Gasteiger partial charge in [0.05, 0.1) is 5.92 Å². The van der Waals surface area contributed by atoms with Gasteiger partial charge in [-0.05, 0) is 42.0 Å². The summed E-state index contributed by atoms with van der Waals surface area (Å²) in [5.74, 6) is -0.243. The van der Waals surface area contributed by atoms with Gasteiger partial charge in [-0.1, -0.05) is 79.7 Å². The van der Waals surface area contributed by atoms with Crippen LogP contribution < -0.4 is 5.73 Å². The van der Waals surface area contributed by atoms with E-state index in [4.69, 9.17) is 10.5 Å². The minimum Gasteiger partial charge on any atom is -0.461 e. The number of ether oxygens (including phenoxy) is 1. The highest BCUT2D eigenvalue weighted by atomic mass is 16.5. The molecule has 0 saturated carbocycles. The van der Waals surface area contributed by atoms with Crippen LogP contribution in [0.5, 0.6) is 0 Å². The van der Waals surface area contributed by atoms with Crippen molar-refractivity contribution in [3.05, 3.63) is 90.0 Å². The Kier molecular flexibility index (Phi) is 6.85. The van der Waals surface area contributed by atoms with Gasteiger partial charge in [-0.15, -0.1) is 0 Å². The summed E-state index contributed by atoms with van der Waals surface area (Å²) < 4.78 is 5.42. The molecule has 3 heteroatoms. The Morgan fingerprint density at radius 2 is 1.61 bits per heavy atom. The van der Waals surface area contributed by atoms with Crippen LogP contribution in [0.15, 0.2) is 78.9 Å². The third kappa shape index (κ3) is 5.46. The third-order valence-corrected chi connectivity index (χ3v) is 4.93. The predicted molar refractivity (Wildman–Crippen MR) is 115 cm³/mol. The smallest absolute Gasteiger partial charge is 0.308 e. The molecule has 3 nitrogen and oxygen atoms in total. The molecule has 0 fully saturated rings. The monoisotopic (exact) mass is 373 g/mol. The number of rotatable bonds is 8. The molecule has 28 heavy (non-hydrogen) atoms.